The summed E-state index contributed by atoms with van der Waals surface area (Å²) in [6, 6.07) is 5.83. The van der Waals surface area contributed by atoms with Gasteiger partial charge < -0.3 is 14.8 Å². The van der Waals surface area contributed by atoms with Gasteiger partial charge in [-0.05, 0) is 63.0 Å². The summed E-state index contributed by atoms with van der Waals surface area (Å²) < 4.78 is 13.0. The van der Waals surface area contributed by atoms with Crippen molar-refractivity contribution in [3.05, 3.63) is 35.7 Å². The summed E-state index contributed by atoms with van der Waals surface area (Å²) in [5.41, 5.74) is 2.01. The lowest BCUT2D eigenvalue weighted by molar-refractivity contribution is 0.102. The second kappa shape index (κ2) is 8.70. The maximum atomic E-state index is 12.5. The molecule has 2 fully saturated rings. The first-order valence-electron chi connectivity index (χ1n) is 9.96. The van der Waals surface area contributed by atoms with Crippen LogP contribution in [0.5, 0.6) is 5.75 Å². The third-order valence-corrected chi connectivity index (χ3v) is 5.32. The molecule has 1 atom stereocenters. The van der Waals surface area contributed by atoms with Crippen LogP contribution in [0.15, 0.2) is 24.4 Å². The van der Waals surface area contributed by atoms with Gasteiger partial charge in [0.15, 0.2) is 5.69 Å². The number of nitrogens with one attached hydrogen (secondary N) is 1. The molecule has 8 heteroatoms. The fraction of sp³-hybridized carbons (Fsp3) is 0.550. The zero-order valence-corrected chi connectivity index (χ0v) is 16.3. The van der Waals surface area contributed by atoms with Gasteiger partial charge in [0.2, 0.25) is 0 Å². The number of ether oxygens (including phenoxy) is 2. The highest BCUT2D eigenvalue weighted by atomic mass is 16.5. The maximum absolute atomic E-state index is 12.5. The number of amides is 1. The molecule has 28 heavy (non-hydrogen) atoms. The van der Waals surface area contributed by atoms with Crippen molar-refractivity contribution >= 4 is 11.6 Å². The van der Waals surface area contributed by atoms with Gasteiger partial charge in [-0.25, -0.2) is 4.68 Å². The second-order valence-corrected chi connectivity index (χ2v) is 7.43. The van der Waals surface area contributed by atoms with Crippen LogP contribution in [0.1, 0.15) is 41.4 Å². The van der Waals surface area contributed by atoms with Gasteiger partial charge in [0, 0.05) is 18.8 Å². The monoisotopic (exact) mass is 385 g/mol. The molecule has 2 saturated heterocycles. The lowest BCUT2D eigenvalue weighted by Gasteiger charge is -2.16. The molecule has 1 amide bonds. The first-order chi connectivity index (χ1) is 13.7. The van der Waals surface area contributed by atoms with E-state index in [2.05, 4.69) is 20.5 Å². The fourth-order valence-electron chi connectivity index (χ4n) is 3.67. The van der Waals surface area contributed by atoms with E-state index in [4.69, 9.17) is 9.47 Å². The van der Waals surface area contributed by atoms with E-state index in [1.165, 1.54) is 25.9 Å². The standard InChI is InChI=1S/C20H27N5O3/c1-15-12-16(4-5-19(15)28-11-9-24-7-2-3-8-24)21-20(26)18-13-25(23-22-18)17-6-10-27-14-17/h4-5,12-13,17H,2-3,6-11,14H2,1H3,(H,21,26). The molecule has 1 aromatic carbocycles. The van der Waals surface area contributed by atoms with E-state index in [9.17, 15) is 4.79 Å². The Labute approximate surface area is 164 Å². The highest BCUT2D eigenvalue weighted by Crippen LogP contribution is 2.23. The number of nitrogens with zero attached hydrogens (tertiary/aromatic N) is 4. The first kappa shape index (κ1) is 18.9. The van der Waals surface area contributed by atoms with Gasteiger partial charge in [0.05, 0.1) is 18.8 Å². The number of rotatable bonds is 7. The molecule has 2 aliphatic rings. The van der Waals surface area contributed by atoms with E-state index in [1.54, 1.807) is 10.9 Å². The number of carbonyl (C=O) groups excluding carboxylic acids is 1. The minimum absolute atomic E-state index is 0.160. The normalized spacial score (nSPS) is 19.8. The molecule has 4 rings (SSSR count). The predicted molar refractivity (Wildman–Crippen MR) is 105 cm³/mol. The average molecular weight is 385 g/mol. The van der Waals surface area contributed by atoms with Gasteiger partial charge in [-0.15, -0.1) is 5.10 Å². The third kappa shape index (κ3) is 4.51. The SMILES string of the molecule is Cc1cc(NC(=O)c2cn(C3CCOC3)nn2)ccc1OCCN1CCCC1. The van der Waals surface area contributed by atoms with Gasteiger partial charge in [0.1, 0.15) is 12.4 Å². The molecule has 0 aliphatic carbocycles. The van der Waals surface area contributed by atoms with Gasteiger partial charge in [-0.2, -0.15) is 0 Å². The number of benzene rings is 1. The number of hydrogen-bond donors (Lipinski definition) is 1. The Morgan fingerprint density at radius 2 is 2.21 bits per heavy atom. The van der Waals surface area contributed by atoms with Crippen LogP contribution in [0.25, 0.3) is 0 Å². The van der Waals surface area contributed by atoms with E-state index in [0.29, 0.717) is 24.6 Å². The zero-order valence-electron chi connectivity index (χ0n) is 16.3. The maximum Gasteiger partial charge on any atom is 0.277 e. The fourth-order valence-corrected chi connectivity index (χ4v) is 3.67. The number of hydrogen-bond acceptors (Lipinski definition) is 6. The summed E-state index contributed by atoms with van der Waals surface area (Å²) in [5.74, 6) is 0.580. The van der Waals surface area contributed by atoms with Gasteiger partial charge in [-0.3, -0.25) is 9.69 Å². The summed E-state index contributed by atoms with van der Waals surface area (Å²) in [6.07, 6.45) is 5.14. The van der Waals surface area contributed by atoms with Crippen LogP contribution < -0.4 is 10.1 Å². The summed E-state index contributed by atoms with van der Waals surface area (Å²) in [6.45, 7) is 7.30. The van der Waals surface area contributed by atoms with Gasteiger partial charge in [0.25, 0.3) is 5.91 Å². The molecule has 0 spiro atoms. The quantitative estimate of drug-likeness (QED) is 0.787. The Kier molecular flexibility index (Phi) is 5.87. The molecule has 1 aromatic heterocycles. The Morgan fingerprint density at radius 3 is 2.96 bits per heavy atom. The van der Waals surface area contributed by atoms with Crippen LogP contribution in [0, 0.1) is 6.92 Å². The molecule has 3 heterocycles. The minimum Gasteiger partial charge on any atom is -0.492 e. The Balaban J connectivity index is 1.31. The van der Waals surface area contributed by atoms with Crippen molar-refractivity contribution < 1.29 is 14.3 Å². The van der Waals surface area contributed by atoms with Crippen molar-refractivity contribution in [3.8, 4) is 5.75 Å². The van der Waals surface area contributed by atoms with Crippen molar-refractivity contribution in [1.29, 1.82) is 0 Å². The molecule has 150 valence electrons. The highest BCUT2D eigenvalue weighted by molar-refractivity contribution is 6.02. The smallest absolute Gasteiger partial charge is 0.277 e. The van der Waals surface area contributed by atoms with Crippen LogP contribution in [0.3, 0.4) is 0 Å². The Hall–Kier alpha value is -2.45. The Bertz CT molecular complexity index is 810. The van der Waals surface area contributed by atoms with E-state index in [1.807, 2.05) is 25.1 Å². The number of anilines is 1. The average Bonchev–Trinajstić information content (AvgIpc) is 3.45. The first-order valence-corrected chi connectivity index (χ1v) is 9.96. The number of likely N-dealkylation sites (tertiary alicyclic amines) is 1. The molecule has 2 aliphatic heterocycles. The van der Waals surface area contributed by atoms with Crippen molar-refractivity contribution in [3.63, 3.8) is 0 Å². The molecule has 1 unspecified atom stereocenters. The van der Waals surface area contributed by atoms with Crippen LogP contribution in [-0.2, 0) is 4.74 Å². The number of aromatic nitrogens is 3. The third-order valence-electron chi connectivity index (χ3n) is 5.32. The molecular weight excluding hydrogens is 358 g/mol. The minimum atomic E-state index is -0.271. The van der Waals surface area contributed by atoms with Crippen molar-refractivity contribution in [2.24, 2.45) is 0 Å². The van der Waals surface area contributed by atoms with E-state index < -0.39 is 0 Å². The summed E-state index contributed by atoms with van der Waals surface area (Å²) in [7, 11) is 0. The zero-order chi connectivity index (χ0) is 19.3. The van der Waals surface area contributed by atoms with Crippen molar-refractivity contribution in [2.45, 2.75) is 32.2 Å². The molecule has 0 saturated carbocycles. The van der Waals surface area contributed by atoms with Crippen LogP contribution in [0.4, 0.5) is 5.69 Å². The lowest BCUT2D eigenvalue weighted by Crippen LogP contribution is -2.25. The molecule has 8 nitrogen and oxygen atoms in total. The van der Waals surface area contributed by atoms with E-state index >= 15 is 0 Å². The molecule has 0 bridgehead atoms. The van der Waals surface area contributed by atoms with E-state index in [-0.39, 0.29) is 11.9 Å². The highest BCUT2D eigenvalue weighted by Gasteiger charge is 2.21. The van der Waals surface area contributed by atoms with Crippen LogP contribution >= 0.6 is 0 Å². The lowest BCUT2D eigenvalue weighted by atomic mass is 10.2. The summed E-state index contributed by atoms with van der Waals surface area (Å²) in [4.78, 5) is 14.9. The van der Waals surface area contributed by atoms with Crippen LogP contribution in [0.2, 0.25) is 0 Å². The van der Waals surface area contributed by atoms with Gasteiger partial charge >= 0.3 is 0 Å². The molecule has 2 aromatic rings. The molecule has 1 N–H and O–H groups in total. The van der Waals surface area contributed by atoms with Crippen molar-refractivity contribution in [1.82, 2.24) is 19.9 Å². The van der Waals surface area contributed by atoms with Crippen molar-refractivity contribution in [2.75, 3.05) is 44.8 Å². The number of carbonyl (C=O) groups is 1. The van der Waals surface area contributed by atoms with Gasteiger partial charge in [-0.1, -0.05) is 5.21 Å². The molecular formula is C20H27N5O3. The molecule has 0 radical (unpaired) electrons. The summed E-state index contributed by atoms with van der Waals surface area (Å²) in [5, 5.41) is 10.9. The van der Waals surface area contributed by atoms with E-state index in [0.717, 1.165) is 30.9 Å². The largest absolute Gasteiger partial charge is 0.492 e. The topological polar surface area (TPSA) is 81.5 Å². The summed E-state index contributed by atoms with van der Waals surface area (Å²) >= 11 is 0. The number of aryl methyl sites for hydroxylation is 1. The Morgan fingerprint density at radius 1 is 1.36 bits per heavy atom. The predicted octanol–water partition coefficient (Wildman–Crippen LogP) is 2.27. The van der Waals surface area contributed by atoms with Crippen LogP contribution in [-0.4, -0.2) is 65.3 Å². The second-order valence-electron chi connectivity index (χ2n) is 7.43.